The van der Waals surface area contributed by atoms with Crippen molar-refractivity contribution < 1.29 is 4.74 Å². The van der Waals surface area contributed by atoms with Gasteiger partial charge in [-0.25, -0.2) is 0 Å². The maximum atomic E-state index is 5.38. The molecular weight excluding hydrogens is 174 g/mol. The van der Waals surface area contributed by atoms with Gasteiger partial charge in [0.15, 0.2) is 0 Å². The first-order valence-electron chi connectivity index (χ1n) is 6.20. The molecule has 0 spiro atoms. The van der Waals surface area contributed by atoms with Gasteiger partial charge in [-0.05, 0) is 19.3 Å². The van der Waals surface area contributed by atoms with Crippen LogP contribution in [0, 0.1) is 0 Å². The Balaban J connectivity index is 2.18. The molecule has 1 aliphatic rings. The summed E-state index contributed by atoms with van der Waals surface area (Å²) in [6.07, 6.45) is 7.80. The van der Waals surface area contributed by atoms with E-state index in [0.717, 1.165) is 19.3 Å². The Bertz CT molecular complexity index is 132. The third kappa shape index (κ3) is 4.43. The minimum absolute atomic E-state index is 0.628. The minimum atomic E-state index is 0.628. The molecule has 2 heteroatoms. The van der Waals surface area contributed by atoms with Crippen LogP contribution in [-0.2, 0) is 4.74 Å². The van der Waals surface area contributed by atoms with Crippen LogP contribution >= 0.6 is 0 Å². The Labute approximate surface area is 88.4 Å². The third-order valence-corrected chi connectivity index (χ3v) is 2.94. The van der Waals surface area contributed by atoms with Gasteiger partial charge < -0.3 is 10.1 Å². The van der Waals surface area contributed by atoms with Crippen molar-refractivity contribution in [2.24, 2.45) is 0 Å². The van der Waals surface area contributed by atoms with Gasteiger partial charge in [0.25, 0.3) is 0 Å². The Morgan fingerprint density at radius 2 is 2.14 bits per heavy atom. The highest BCUT2D eigenvalue weighted by Crippen LogP contribution is 2.11. The van der Waals surface area contributed by atoms with E-state index in [1.807, 2.05) is 0 Å². The molecule has 2 unspecified atom stereocenters. The first-order valence-corrected chi connectivity index (χ1v) is 6.20. The van der Waals surface area contributed by atoms with Crippen LogP contribution in [-0.4, -0.2) is 25.3 Å². The second-order valence-electron chi connectivity index (χ2n) is 4.36. The molecule has 0 aromatic carbocycles. The number of hydrogen-bond acceptors (Lipinski definition) is 2. The fourth-order valence-corrected chi connectivity index (χ4v) is 2.11. The minimum Gasteiger partial charge on any atom is -0.380 e. The van der Waals surface area contributed by atoms with Crippen molar-refractivity contribution in [3.63, 3.8) is 0 Å². The van der Waals surface area contributed by atoms with E-state index in [1.54, 1.807) is 0 Å². The lowest BCUT2D eigenvalue weighted by molar-refractivity contribution is 0.187. The van der Waals surface area contributed by atoms with Gasteiger partial charge in [-0.2, -0.15) is 0 Å². The molecule has 0 radical (unpaired) electrons. The van der Waals surface area contributed by atoms with E-state index in [1.165, 1.54) is 38.5 Å². The lowest BCUT2D eigenvalue weighted by Crippen LogP contribution is -2.38. The van der Waals surface area contributed by atoms with Crippen molar-refractivity contribution in [2.45, 2.75) is 64.5 Å². The van der Waals surface area contributed by atoms with Crippen LogP contribution in [0.4, 0.5) is 0 Å². The highest BCUT2D eigenvalue weighted by molar-refractivity contribution is 4.77. The lowest BCUT2D eigenvalue weighted by Gasteiger charge is -2.21. The molecule has 0 amide bonds. The van der Waals surface area contributed by atoms with Gasteiger partial charge in [-0.3, -0.25) is 0 Å². The summed E-state index contributed by atoms with van der Waals surface area (Å²) in [6, 6.07) is 1.36. The number of hydrogen-bond donors (Lipinski definition) is 1. The van der Waals surface area contributed by atoms with Gasteiger partial charge >= 0.3 is 0 Å². The molecular formula is C12H25NO. The summed E-state index contributed by atoms with van der Waals surface area (Å²) in [6.45, 7) is 6.41. The zero-order valence-corrected chi connectivity index (χ0v) is 9.72. The first-order chi connectivity index (χ1) is 6.86. The highest BCUT2D eigenvalue weighted by atomic mass is 16.5. The van der Waals surface area contributed by atoms with Gasteiger partial charge in [-0.15, -0.1) is 0 Å². The summed E-state index contributed by atoms with van der Waals surface area (Å²) in [5.41, 5.74) is 0. The standard InChI is InChI=1S/C12H25NO/c1-3-5-7-11(6-4-2)13-12-8-9-14-10-12/h11-13H,3-10H2,1-2H3. The van der Waals surface area contributed by atoms with Crippen molar-refractivity contribution in [3.05, 3.63) is 0 Å². The van der Waals surface area contributed by atoms with Gasteiger partial charge in [0, 0.05) is 18.7 Å². The normalized spacial score (nSPS) is 24.0. The Kier molecular flexibility index (Phi) is 6.20. The second-order valence-corrected chi connectivity index (χ2v) is 4.36. The summed E-state index contributed by atoms with van der Waals surface area (Å²) < 4.78 is 5.38. The number of unbranched alkanes of at least 4 members (excludes halogenated alkanes) is 1. The molecule has 1 aliphatic heterocycles. The van der Waals surface area contributed by atoms with Crippen LogP contribution in [0.3, 0.4) is 0 Å². The summed E-state index contributed by atoms with van der Waals surface area (Å²) in [7, 11) is 0. The maximum Gasteiger partial charge on any atom is 0.0620 e. The zero-order chi connectivity index (χ0) is 10.2. The molecule has 0 bridgehead atoms. The van der Waals surface area contributed by atoms with Gasteiger partial charge in [-0.1, -0.05) is 33.1 Å². The van der Waals surface area contributed by atoms with Gasteiger partial charge in [0.2, 0.25) is 0 Å². The van der Waals surface area contributed by atoms with Crippen LogP contribution in [0.25, 0.3) is 0 Å². The fourth-order valence-electron chi connectivity index (χ4n) is 2.11. The third-order valence-electron chi connectivity index (χ3n) is 2.94. The zero-order valence-electron chi connectivity index (χ0n) is 9.72. The van der Waals surface area contributed by atoms with Crippen LogP contribution in [0.2, 0.25) is 0 Å². The topological polar surface area (TPSA) is 21.3 Å². The Morgan fingerprint density at radius 1 is 1.29 bits per heavy atom. The van der Waals surface area contributed by atoms with Crippen LogP contribution in [0.15, 0.2) is 0 Å². The van der Waals surface area contributed by atoms with Crippen LogP contribution in [0.5, 0.6) is 0 Å². The monoisotopic (exact) mass is 199 g/mol. The average molecular weight is 199 g/mol. The second kappa shape index (κ2) is 7.24. The molecule has 1 rings (SSSR count). The maximum absolute atomic E-state index is 5.38. The molecule has 0 aromatic rings. The first kappa shape index (κ1) is 12.0. The number of rotatable bonds is 7. The molecule has 0 aromatic heterocycles. The van der Waals surface area contributed by atoms with E-state index in [2.05, 4.69) is 19.2 Å². The van der Waals surface area contributed by atoms with Crippen molar-refractivity contribution in [3.8, 4) is 0 Å². The van der Waals surface area contributed by atoms with Gasteiger partial charge in [0.1, 0.15) is 0 Å². The number of nitrogens with one attached hydrogen (secondary N) is 1. The summed E-state index contributed by atoms with van der Waals surface area (Å²) in [4.78, 5) is 0. The van der Waals surface area contributed by atoms with Crippen molar-refractivity contribution in [1.29, 1.82) is 0 Å². The molecule has 84 valence electrons. The van der Waals surface area contributed by atoms with E-state index >= 15 is 0 Å². The van der Waals surface area contributed by atoms with Crippen molar-refractivity contribution in [2.75, 3.05) is 13.2 Å². The average Bonchev–Trinajstić information content (AvgIpc) is 2.67. The molecule has 1 fully saturated rings. The lowest BCUT2D eigenvalue weighted by atomic mass is 10.0. The molecule has 14 heavy (non-hydrogen) atoms. The van der Waals surface area contributed by atoms with E-state index < -0.39 is 0 Å². The fraction of sp³-hybridized carbons (Fsp3) is 1.00. The molecule has 1 heterocycles. The predicted molar refractivity (Wildman–Crippen MR) is 60.6 cm³/mol. The molecule has 1 saturated heterocycles. The predicted octanol–water partition coefficient (Wildman–Crippen LogP) is 2.72. The van der Waals surface area contributed by atoms with Crippen LogP contribution in [0.1, 0.15) is 52.4 Å². The summed E-state index contributed by atoms with van der Waals surface area (Å²) >= 11 is 0. The molecule has 1 N–H and O–H groups in total. The van der Waals surface area contributed by atoms with Crippen molar-refractivity contribution >= 4 is 0 Å². The van der Waals surface area contributed by atoms with E-state index in [0.29, 0.717) is 6.04 Å². The quantitative estimate of drug-likeness (QED) is 0.680. The largest absolute Gasteiger partial charge is 0.380 e. The van der Waals surface area contributed by atoms with Crippen LogP contribution < -0.4 is 5.32 Å². The number of ether oxygens (including phenoxy) is 1. The van der Waals surface area contributed by atoms with Crippen molar-refractivity contribution in [1.82, 2.24) is 5.32 Å². The van der Waals surface area contributed by atoms with E-state index in [-0.39, 0.29) is 0 Å². The molecule has 2 atom stereocenters. The Morgan fingerprint density at radius 3 is 2.71 bits per heavy atom. The Hall–Kier alpha value is -0.0800. The molecule has 0 aliphatic carbocycles. The SMILES string of the molecule is CCCCC(CCC)NC1CCOC1. The summed E-state index contributed by atoms with van der Waals surface area (Å²) in [5.74, 6) is 0. The van der Waals surface area contributed by atoms with Gasteiger partial charge in [0.05, 0.1) is 6.61 Å². The smallest absolute Gasteiger partial charge is 0.0620 e. The molecule has 0 saturated carbocycles. The summed E-state index contributed by atoms with van der Waals surface area (Å²) in [5, 5.41) is 3.73. The van der Waals surface area contributed by atoms with E-state index in [9.17, 15) is 0 Å². The molecule has 2 nitrogen and oxygen atoms in total. The van der Waals surface area contributed by atoms with E-state index in [4.69, 9.17) is 4.74 Å². The highest BCUT2D eigenvalue weighted by Gasteiger charge is 2.18.